The summed E-state index contributed by atoms with van der Waals surface area (Å²) in [5.74, 6) is -0.732. The Morgan fingerprint density at radius 3 is 2.32 bits per heavy atom. The van der Waals surface area contributed by atoms with Crippen molar-refractivity contribution in [3.63, 3.8) is 0 Å². The summed E-state index contributed by atoms with van der Waals surface area (Å²) in [4.78, 5) is 12.2. The number of carbonyl (C=O) groups excluding carboxylic acids is 1. The highest BCUT2D eigenvalue weighted by atomic mass is 35.5. The molecule has 2 aromatic carbocycles. The molecule has 0 saturated heterocycles. The van der Waals surface area contributed by atoms with Gasteiger partial charge in [-0.2, -0.15) is 0 Å². The summed E-state index contributed by atoms with van der Waals surface area (Å²) < 4.78 is 15.5. The van der Waals surface area contributed by atoms with Crippen LogP contribution in [0, 0.1) is 0 Å². The first kappa shape index (κ1) is 15.7. The van der Waals surface area contributed by atoms with Crippen LogP contribution in [-0.2, 0) is 9.53 Å². The molecule has 2 aromatic rings. The third-order valence-corrected chi connectivity index (χ3v) is 4.45. The summed E-state index contributed by atoms with van der Waals surface area (Å²) in [7, 11) is 0. The third-order valence-electron chi connectivity index (χ3n) is 4.20. The van der Waals surface area contributed by atoms with Crippen LogP contribution in [0.4, 0.5) is 0 Å². The van der Waals surface area contributed by atoms with Gasteiger partial charge in [-0.15, -0.1) is 0 Å². The van der Waals surface area contributed by atoms with Crippen LogP contribution >= 0.6 is 11.6 Å². The molecule has 0 amide bonds. The van der Waals surface area contributed by atoms with E-state index in [9.17, 15) is 15.0 Å². The number of phenolic OH excluding ortho intramolecular Hbond substituents is 1. The van der Waals surface area contributed by atoms with E-state index in [-0.39, 0.29) is 30.5 Å². The Morgan fingerprint density at radius 2 is 1.68 bits per heavy atom. The van der Waals surface area contributed by atoms with Gasteiger partial charge in [0.2, 0.25) is 6.79 Å². The molecule has 1 atom stereocenters. The number of aliphatic hydroxyl groups is 1. The highest BCUT2D eigenvalue weighted by molar-refractivity contribution is 6.30. The molecule has 2 aliphatic heterocycles. The van der Waals surface area contributed by atoms with E-state index < -0.39 is 11.9 Å². The first-order chi connectivity index (χ1) is 12.0. The number of fused-ring (bicyclic) bond motifs is 1. The average molecular weight is 361 g/mol. The van der Waals surface area contributed by atoms with Crippen molar-refractivity contribution in [3.8, 4) is 17.2 Å². The summed E-state index contributed by atoms with van der Waals surface area (Å²) in [6.45, 7) is -0.136. The first-order valence-electron chi connectivity index (χ1n) is 7.51. The maximum Gasteiger partial charge on any atom is 0.338 e. The van der Waals surface area contributed by atoms with Crippen LogP contribution in [0.15, 0.2) is 47.7 Å². The average Bonchev–Trinajstić information content (AvgIpc) is 3.17. The van der Waals surface area contributed by atoms with Crippen LogP contribution in [-0.4, -0.2) is 29.6 Å². The Morgan fingerprint density at radius 1 is 1.00 bits per heavy atom. The molecule has 0 fully saturated rings. The van der Waals surface area contributed by atoms with Crippen molar-refractivity contribution in [2.45, 2.75) is 5.92 Å². The SMILES string of the molecule is O=C1OCC(O)=C1[C@@H](c1ccc(Cl)cc1)c1cc2c(cc1O)OCO2. The normalized spacial score (nSPS) is 16.9. The number of phenols is 1. The second-order valence-electron chi connectivity index (χ2n) is 5.69. The van der Waals surface area contributed by atoms with Crippen LogP contribution in [0.1, 0.15) is 17.0 Å². The van der Waals surface area contributed by atoms with Crippen LogP contribution in [0.5, 0.6) is 17.2 Å². The number of aliphatic hydroxyl groups excluding tert-OH is 1. The standard InChI is InChI=1S/C18H13ClO6/c19-10-3-1-9(2-4-10)16(17-13(21)7-23-18(17)22)11-5-14-15(6-12(11)20)25-8-24-14/h1-6,16,20-21H,7-8H2/t16-/m0/s1. The summed E-state index contributed by atoms with van der Waals surface area (Å²) >= 11 is 5.95. The summed E-state index contributed by atoms with van der Waals surface area (Å²) in [6.07, 6.45) is 0. The number of esters is 1. The maximum atomic E-state index is 12.2. The molecule has 128 valence electrons. The Bertz CT molecular complexity index is 887. The van der Waals surface area contributed by atoms with Gasteiger partial charge in [-0.3, -0.25) is 0 Å². The van der Waals surface area contributed by atoms with Gasteiger partial charge >= 0.3 is 5.97 Å². The molecular formula is C18H13ClO6. The van der Waals surface area contributed by atoms with Gasteiger partial charge in [0.25, 0.3) is 0 Å². The van der Waals surface area contributed by atoms with Crippen LogP contribution in [0.3, 0.4) is 0 Å². The van der Waals surface area contributed by atoms with Gasteiger partial charge < -0.3 is 24.4 Å². The number of cyclic esters (lactones) is 1. The van der Waals surface area contributed by atoms with Crippen molar-refractivity contribution in [2.24, 2.45) is 0 Å². The number of rotatable bonds is 3. The fourth-order valence-electron chi connectivity index (χ4n) is 3.03. The predicted molar refractivity (Wildman–Crippen MR) is 88.1 cm³/mol. The zero-order valence-electron chi connectivity index (χ0n) is 12.9. The zero-order chi connectivity index (χ0) is 17.6. The van der Waals surface area contributed by atoms with Crippen molar-refractivity contribution in [1.82, 2.24) is 0 Å². The molecule has 0 spiro atoms. The van der Waals surface area contributed by atoms with E-state index in [0.29, 0.717) is 27.6 Å². The summed E-state index contributed by atoms with van der Waals surface area (Å²) in [5.41, 5.74) is 1.14. The van der Waals surface area contributed by atoms with Crippen LogP contribution in [0.25, 0.3) is 0 Å². The fourth-order valence-corrected chi connectivity index (χ4v) is 3.15. The molecule has 6 nitrogen and oxygen atoms in total. The lowest BCUT2D eigenvalue weighted by Gasteiger charge is -2.19. The smallest absolute Gasteiger partial charge is 0.338 e. The lowest BCUT2D eigenvalue weighted by Crippen LogP contribution is -2.12. The number of aromatic hydroxyl groups is 1. The number of benzene rings is 2. The molecule has 0 saturated carbocycles. The molecule has 0 unspecified atom stereocenters. The lowest BCUT2D eigenvalue weighted by atomic mass is 9.84. The molecule has 2 heterocycles. The van der Waals surface area contributed by atoms with E-state index in [1.165, 1.54) is 6.07 Å². The molecule has 4 rings (SSSR count). The highest BCUT2D eigenvalue weighted by Gasteiger charge is 2.36. The van der Waals surface area contributed by atoms with E-state index in [2.05, 4.69) is 0 Å². The largest absolute Gasteiger partial charge is 0.508 e. The van der Waals surface area contributed by atoms with Crippen molar-refractivity contribution < 1.29 is 29.2 Å². The number of halogens is 1. The Kier molecular flexibility index (Phi) is 3.69. The molecule has 25 heavy (non-hydrogen) atoms. The van der Waals surface area contributed by atoms with Gasteiger partial charge in [0.05, 0.1) is 5.57 Å². The van der Waals surface area contributed by atoms with Gasteiger partial charge in [0.15, 0.2) is 11.5 Å². The molecule has 2 N–H and O–H groups in total. The number of carbonyl (C=O) groups is 1. The predicted octanol–water partition coefficient (Wildman–Crippen LogP) is 3.28. The van der Waals surface area contributed by atoms with Gasteiger partial charge in [-0.25, -0.2) is 4.79 Å². The summed E-state index contributed by atoms with van der Waals surface area (Å²) in [5, 5.41) is 21.2. The van der Waals surface area contributed by atoms with Gasteiger partial charge in [0.1, 0.15) is 18.1 Å². The minimum absolute atomic E-state index is 0.0554. The second kappa shape index (κ2) is 5.89. The molecule has 2 aliphatic rings. The van der Waals surface area contributed by atoms with Gasteiger partial charge in [-0.1, -0.05) is 23.7 Å². The molecule has 7 heteroatoms. The van der Waals surface area contributed by atoms with Gasteiger partial charge in [0, 0.05) is 22.6 Å². The monoisotopic (exact) mass is 360 g/mol. The number of hydrogen-bond acceptors (Lipinski definition) is 6. The Labute approximate surface area is 147 Å². The topological polar surface area (TPSA) is 85.2 Å². The molecular weight excluding hydrogens is 348 g/mol. The molecule has 0 bridgehead atoms. The minimum Gasteiger partial charge on any atom is -0.508 e. The minimum atomic E-state index is -0.734. The Balaban J connectivity index is 1.91. The number of ether oxygens (including phenoxy) is 3. The van der Waals surface area contributed by atoms with Crippen LogP contribution < -0.4 is 9.47 Å². The van der Waals surface area contributed by atoms with Crippen molar-refractivity contribution in [2.75, 3.05) is 13.4 Å². The maximum absolute atomic E-state index is 12.2. The van der Waals surface area contributed by atoms with Crippen molar-refractivity contribution in [3.05, 3.63) is 63.9 Å². The van der Waals surface area contributed by atoms with Crippen molar-refractivity contribution in [1.29, 1.82) is 0 Å². The third kappa shape index (κ3) is 2.64. The van der Waals surface area contributed by atoms with Gasteiger partial charge in [-0.05, 0) is 23.8 Å². The first-order valence-corrected chi connectivity index (χ1v) is 7.89. The highest BCUT2D eigenvalue weighted by Crippen LogP contribution is 2.45. The van der Waals surface area contributed by atoms with Crippen LogP contribution in [0.2, 0.25) is 5.02 Å². The number of hydrogen-bond donors (Lipinski definition) is 2. The lowest BCUT2D eigenvalue weighted by molar-refractivity contribution is -0.136. The second-order valence-corrected chi connectivity index (χ2v) is 6.12. The van der Waals surface area contributed by atoms with Crippen molar-refractivity contribution >= 4 is 17.6 Å². The quantitative estimate of drug-likeness (QED) is 0.817. The Hall–Kier alpha value is -2.86. The van der Waals surface area contributed by atoms with E-state index in [4.69, 9.17) is 25.8 Å². The molecule has 0 aliphatic carbocycles. The summed E-state index contributed by atoms with van der Waals surface area (Å²) in [6, 6.07) is 9.82. The van der Waals surface area contributed by atoms with E-state index >= 15 is 0 Å². The molecule has 0 radical (unpaired) electrons. The fraction of sp³-hybridized carbons (Fsp3) is 0.167. The van der Waals surface area contributed by atoms with E-state index in [0.717, 1.165) is 0 Å². The van der Waals surface area contributed by atoms with E-state index in [1.807, 2.05) is 0 Å². The zero-order valence-corrected chi connectivity index (χ0v) is 13.6. The van der Waals surface area contributed by atoms with E-state index in [1.54, 1.807) is 30.3 Å². The molecule has 0 aromatic heterocycles.